The van der Waals surface area contributed by atoms with Gasteiger partial charge in [-0.25, -0.2) is 47.5 Å². The molecular weight excluding hydrogens is 837 g/mol. The fourth-order valence-electron chi connectivity index (χ4n) is 8.18. The third-order valence-electron chi connectivity index (χ3n) is 11.1. The zero-order valence-electron chi connectivity index (χ0n) is 34.3. The number of benzene rings is 8. The lowest BCUT2D eigenvalue weighted by Gasteiger charge is -2.35. The van der Waals surface area contributed by atoms with E-state index in [1.165, 1.54) is 48.5 Å². The molecule has 0 aliphatic carbocycles. The second kappa shape index (κ2) is 17.5. The van der Waals surface area contributed by atoms with Crippen LogP contribution >= 0.6 is 0 Å². The third-order valence-corrected chi connectivity index (χ3v) is 15.8. The average Bonchev–Trinajstić information content (AvgIpc) is 3.35. The van der Waals surface area contributed by atoms with Gasteiger partial charge in [0.2, 0.25) is 0 Å². The van der Waals surface area contributed by atoms with Crippen LogP contribution in [-0.4, -0.2) is 38.0 Å². The first-order valence-corrected chi connectivity index (χ1v) is 22.7. The lowest BCUT2D eigenvalue weighted by Crippen LogP contribution is -2.75. The zero-order chi connectivity index (χ0) is 44.3. The van der Waals surface area contributed by atoms with Gasteiger partial charge < -0.3 is 0 Å². The minimum atomic E-state index is -3.74. The number of aromatic nitrogens is 6. The third kappa shape index (κ3) is 8.24. The van der Waals surface area contributed by atoms with Crippen LogP contribution < -0.4 is 20.7 Å². The highest BCUT2D eigenvalue weighted by molar-refractivity contribution is 7.20. The Bertz CT molecular complexity index is 3130. The summed E-state index contributed by atoms with van der Waals surface area (Å²) >= 11 is 0. The highest BCUT2D eigenvalue weighted by Crippen LogP contribution is 2.28. The van der Waals surface area contributed by atoms with Gasteiger partial charge >= 0.3 is 0 Å². The van der Waals surface area contributed by atoms with Crippen molar-refractivity contribution in [3.05, 3.63) is 230 Å². The van der Waals surface area contributed by atoms with Crippen molar-refractivity contribution >= 4 is 28.8 Å². The molecule has 8 aromatic carbocycles. The van der Waals surface area contributed by atoms with Gasteiger partial charge in [-0.05, 0) is 69.3 Å². The van der Waals surface area contributed by atoms with Crippen molar-refractivity contribution in [3.8, 4) is 68.3 Å². The van der Waals surface area contributed by atoms with Crippen LogP contribution in [0, 0.1) is 23.3 Å². The molecule has 0 saturated carbocycles. The van der Waals surface area contributed by atoms with E-state index in [0.29, 0.717) is 55.9 Å². The molecule has 10 rings (SSSR count). The van der Waals surface area contributed by atoms with E-state index in [2.05, 4.69) is 0 Å². The van der Waals surface area contributed by atoms with Crippen molar-refractivity contribution in [2.45, 2.75) is 0 Å². The molecule has 0 unspecified atom stereocenters. The highest BCUT2D eigenvalue weighted by atomic mass is 28.3. The van der Waals surface area contributed by atoms with Crippen LogP contribution in [0.1, 0.15) is 0 Å². The maximum absolute atomic E-state index is 15.7. The zero-order valence-corrected chi connectivity index (χ0v) is 35.3. The van der Waals surface area contributed by atoms with Crippen molar-refractivity contribution in [1.29, 1.82) is 0 Å². The van der Waals surface area contributed by atoms with Crippen molar-refractivity contribution in [3.63, 3.8) is 0 Å². The standard InChI is InChI=1S/C54H34F4N6Si/c55-41-21-7-17-37(29-41)51-59-49(35-13-3-1-4-14-35)61-53(63-51)39-19-9-25-45(31-39)65(47-27-11-23-43(57)33-47,48-28-12-24-44(58)34-48)46-26-10-20-40(32-46)54-62-50(36-15-5-2-6-16-36)60-52(64-54)38-18-8-22-42(56)30-38/h1-34H. The van der Waals surface area contributed by atoms with E-state index in [9.17, 15) is 8.78 Å². The fourth-order valence-corrected chi connectivity index (χ4v) is 13.0. The summed E-state index contributed by atoms with van der Waals surface area (Å²) in [7, 11) is -3.74. The number of rotatable bonds is 10. The Morgan fingerprint density at radius 1 is 0.231 bits per heavy atom. The average molecular weight is 871 g/mol. The molecule has 11 heteroatoms. The van der Waals surface area contributed by atoms with Crippen molar-refractivity contribution in [1.82, 2.24) is 29.9 Å². The molecule has 0 atom stereocenters. The van der Waals surface area contributed by atoms with E-state index in [1.54, 1.807) is 36.4 Å². The molecule has 10 aromatic rings. The largest absolute Gasteiger partial charge is 0.208 e. The van der Waals surface area contributed by atoms with E-state index >= 15 is 8.78 Å². The number of nitrogens with zero attached hydrogens (tertiary/aromatic N) is 6. The van der Waals surface area contributed by atoms with Crippen LogP contribution in [0.15, 0.2) is 206 Å². The van der Waals surface area contributed by atoms with Crippen LogP contribution in [0.3, 0.4) is 0 Å². The SMILES string of the molecule is Fc1cccc(-c2nc(-c3ccccc3)nc(-c3cccc([Si](c4cccc(F)c4)(c4cccc(F)c4)c4cccc(-c5nc(-c6ccccc6)nc(-c6cccc(F)c6)n5)c4)c3)n2)c1. The minimum absolute atomic E-state index is 0.273. The van der Waals surface area contributed by atoms with E-state index < -0.39 is 31.3 Å². The summed E-state index contributed by atoms with van der Waals surface area (Å²) in [6.45, 7) is 0. The van der Waals surface area contributed by atoms with Crippen LogP contribution in [0.4, 0.5) is 17.6 Å². The molecule has 0 aliphatic heterocycles. The van der Waals surface area contributed by atoms with Gasteiger partial charge in [0.1, 0.15) is 23.3 Å². The van der Waals surface area contributed by atoms with E-state index in [0.717, 1.165) is 21.5 Å². The summed E-state index contributed by atoms with van der Waals surface area (Å²) in [5.41, 5.74) is 3.61. The van der Waals surface area contributed by atoms with Gasteiger partial charge in [0.25, 0.3) is 0 Å². The maximum Gasteiger partial charge on any atom is 0.179 e. The molecule has 0 aliphatic rings. The molecule has 6 nitrogen and oxygen atoms in total. The maximum atomic E-state index is 15.7. The van der Waals surface area contributed by atoms with Gasteiger partial charge in [0.15, 0.2) is 43.0 Å². The predicted molar refractivity (Wildman–Crippen MR) is 249 cm³/mol. The second-order valence-electron chi connectivity index (χ2n) is 15.3. The predicted octanol–water partition coefficient (Wildman–Crippen LogP) is 9.99. The normalized spacial score (nSPS) is 11.4. The molecule has 0 N–H and O–H groups in total. The summed E-state index contributed by atoms with van der Waals surface area (Å²) in [6.07, 6.45) is 0. The summed E-state index contributed by atoms with van der Waals surface area (Å²) in [5.74, 6) is 0.162. The Kier molecular flexibility index (Phi) is 11.0. The smallest absolute Gasteiger partial charge is 0.179 e. The summed E-state index contributed by atoms with van der Waals surface area (Å²) in [4.78, 5) is 29.2. The Morgan fingerprint density at radius 2 is 0.477 bits per heavy atom. The molecule has 2 aromatic heterocycles. The summed E-state index contributed by atoms with van der Waals surface area (Å²) < 4.78 is 60.7. The van der Waals surface area contributed by atoms with E-state index in [1.807, 2.05) is 121 Å². The lowest BCUT2D eigenvalue weighted by atomic mass is 10.1. The molecule has 2 heterocycles. The Balaban J connectivity index is 1.22. The molecule has 0 radical (unpaired) electrons. The van der Waals surface area contributed by atoms with Gasteiger partial charge in [-0.1, -0.05) is 158 Å². The number of halogens is 4. The van der Waals surface area contributed by atoms with Gasteiger partial charge in [-0.15, -0.1) is 0 Å². The van der Waals surface area contributed by atoms with Gasteiger partial charge in [0, 0.05) is 33.4 Å². The Morgan fingerprint density at radius 3 is 0.800 bits per heavy atom. The summed E-state index contributed by atoms with van der Waals surface area (Å²) in [6, 6.07) is 59.2. The van der Waals surface area contributed by atoms with Gasteiger partial charge in [-0.2, -0.15) is 0 Å². The van der Waals surface area contributed by atoms with Crippen LogP contribution in [0.25, 0.3) is 68.3 Å². The first-order valence-electron chi connectivity index (χ1n) is 20.7. The molecular formula is C54H34F4N6Si. The van der Waals surface area contributed by atoms with Gasteiger partial charge in [-0.3, -0.25) is 0 Å². The molecule has 312 valence electrons. The number of hydrogen-bond acceptors (Lipinski definition) is 6. The Labute approximate surface area is 372 Å². The first kappa shape index (κ1) is 40.8. The monoisotopic (exact) mass is 870 g/mol. The first-order chi connectivity index (χ1) is 31.8. The molecule has 65 heavy (non-hydrogen) atoms. The second-order valence-corrected chi connectivity index (χ2v) is 19.1. The van der Waals surface area contributed by atoms with Crippen molar-refractivity contribution < 1.29 is 17.6 Å². The Hall–Kier alpha value is -8.28. The molecule has 0 fully saturated rings. The van der Waals surface area contributed by atoms with Crippen molar-refractivity contribution in [2.75, 3.05) is 0 Å². The van der Waals surface area contributed by atoms with Gasteiger partial charge in [0.05, 0.1) is 0 Å². The van der Waals surface area contributed by atoms with E-state index in [4.69, 9.17) is 29.9 Å². The molecule has 0 amide bonds. The van der Waals surface area contributed by atoms with Crippen molar-refractivity contribution in [2.24, 2.45) is 0 Å². The summed E-state index contributed by atoms with van der Waals surface area (Å²) in [5, 5.41) is 2.80. The van der Waals surface area contributed by atoms with Crippen LogP contribution in [0.2, 0.25) is 0 Å². The van der Waals surface area contributed by atoms with Crippen LogP contribution in [0.5, 0.6) is 0 Å². The molecule has 0 saturated heterocycles. The van der Waals surface area contributed by atoms with Crippen LogP contribution in [-0.2, 0) is 0 Å². The molecule has 0 bridgehead atoms. The topological polar surface area (TPSA) is 77.3 Å². The fraction of sp³-hybridized carbons (Fsp3) is 0. The quantitative estimate of drug-likeness (QED) is 0.0774. The lowest BCUT2D eigenvalue weighted by molar-refractivity contribution is 0.627. The number of hydrogen-bond donors (Lipinski definition) is 0. The minimum Gasteiger partial charge on any atom is -0.208 e. The highest BCUT2D eigenvalue weighted by Gasteiger charge is 2.42. The molecule has 0 spiro atoms. The van der Waals surface area contributed by atoms with E-state index in [-0.39, 0.29) is 11.6 Å².